The fraction of sp³-hybridized carbons (Fsp3) is 0.874. The van der Waals surface area contributed by atoms with Crippen molar-refractivity contribution in [3.63, 3.8) is 0 Å². The number of carbonyl (C=O) groups excluding carboxylic acids is 2. The summed E-state index contributed by atoms with van der Waals surface area (Å²) in [5.74, 6) is 11.3. The SMILES string of the molecule is C=CC(C=C)OC(=O)CCCCCCCCCCOC.C=CC(C=C)OC(=O)CCCCCCCCCCOC1CCC2C3C[CH-]C(C4[CH+]CCCC4)CC3C(CCCCCCCCCC)(CCCCCCCCCC)C2C1.CCCCCCCCCCC1(CCCCCCCCCC)C2CCCCC2C2C[CH-]C(C3[CH+]CCCC3)CC21.[Pt]. The molecular weight excluding hydrogens is 1620 g/mol. The molecule has 0 spiro atoms. The van der Waals surface area contributed by atoms with Crippen LogP contribution in [0.3, 0.4) is 0 Å². The Morgan fingerprint density at radius 1 is 0.356 bits per heavy atom. The molecule has 8 fully saturated rings. The van der Waals surface area contributed by atoms with Crippen LogP contribution in [0.25, 0.3) is 0 Å². The predicted molar refractivity (Wildman–Crippen MR) is 506 cm³/mol. The van der Waals surface area contributed by atoms with Crippen LogP contribution in [-0.4, -0.2) is 50.6 Å². The molecule has 7 heteroatoms. The number of ether oxygens (including phenoxy) is 4. The van der Waals surface area contributed by atoms with E-state index in [-0.39, 0.29) is 45.2 Å². The first kappa shape index (κ1) is 107. The van der Waals surface area contributed by atoms with Gasteiger partial charge in [0.15, 0.2) is 0 Å². The van der Waals surface area contributed by atoms with Crippen molar-refractivity contribution in [3.8, 4) is 0 Å². The van der Waals surface area contributed by atoms with Gasteiger partial charge in [-0.1, -0.05) is 374 Å². The van der Waals surface area contributed by atoms with Crippen LogP contribution in [0, 0.1) is 108 Å². The van der Waals surface area contributed by atoms with Gasteiger partial charge in [0.1, 0.15) is 12.2 Å². The van der Waals surface area contributed by atoms with E-state index in [1.54, 1.807) is 82.8 Å². The minimum absolute atomic E-state index is 0. The molecule has 0 heterocycles. The number of hydrogen-bond acceptors (Lipinski definition) is 6. The predicted octanol–water partition coefficient (Wildman–Crippen LogP) is 34.4. The van der Waals surface area contributed by atoms with Crippen molar-refractivity contribution in [1.82, 2.24) is 0 Å². The van der Waals surface area contributed by atoms with Crippen LogP contribution in [-0.2, 0) is 49.6 Å². The molecular formula is C111H196O6Pt. The van der Waals surface area contributed by atoms with E-state index in [0.29, 0.717) is 29.8 Å². The third-order valence-electron chi connectivity index (χ3n) is 31.8. The standard InChI is InChI=1S/C55H96O3.C39H70.C17H30O3.Pt/c1-5-9-11-13-15-20-24-31-41-55(42-32-25-21-16-14-12-10-6-2)52-44-47(46-34-28-27-29-35-46)37-39-50(52)51-40-38-49(45-53(51)55)57-43-33-26-22-18-17-19-23-30-36-54(56)58-48(7-3)8-4;1-3-5-7-9-11-13-15-22-30-39(31-23-16-14-12-10-8-6-4-2)37-27-21-20-26-35(37)36-29-28-34(32-38(36)39)33-24-18-17-19-25-33;1-4-16(5-2)20-17(18)14-12-10-8-6-7-9-11-13-15-19-3;/h7-8,34,37,46-53H,3-6,9-33,35-36,38-45H2,1-2H3;24,28,33-38H,3-23,25-27,29-32H2,1-2H3;4-5,16H,1-2,6-15H2,3H3;. The summed E-state index contributed by atoms with van der Waals surface area (Å²) in [6.45, 7) is 25.8. The summed E-state index contributed by atoms with van der Waals surface area (Å²) in [6, 6.07) is 0. The van der Waals surface area contributed by atoms with E-state index in [0.717, 1.165) is 116 Å². The molecule has 8 aliphatic rings. The van der Waals surface area contributed by atoms with Gasteiger partial charge in [-0.25, -0.2) is 0 Å². The van der Waals surface area contributed by atoms with Crippen LogP contribution >= 0.6 is 0 Å². The first-order chi connectivity index (χ1) is 57.6. The van der Waals surface area contributed by atoms with Crippen LogP contribution in [0.15, 0.2) is 50.6 Å². The molecule has 6 nitrogen and oxygen atoms in total. The topological polar surface area (TPSA) is 71.1 Å². The quantitative estimate of drug-likeness (QED) is 0.0262. The summed E-state index contributed by atoms with van der Waals surface area (Å²) in [4.78, 5) is 23.5. The Kier molecular flexibility index (Phi) is 61.9. The van der Waals surface area contributed by atoms with Gasteiger partial charge in [0, 0.05) is 54.2 Å². The molecule has 13 atom stereocenters. The van der Waals surface area contributed by atoms with Gasteiger partial charge >= 0.3 is 11.9 Å². The maximum absolute atomic E-state index is 12.0. The largest absolute Gasteiger partial charge is 0.454 e. The second-order valence-electron chi connectivity index (χ2n) is 40.1. The Balaban J connectivity index is 0.000000354. The van der Waals surface area contributed by atoms with E-state index in [1.807, 2.05) is 0 Å². The Morgan fingerprint density at radius 2 is 0.669 bits per heavy atom. The first-order valence-electron chi connectivity index (χ1n) is 52.9. The molecule has 0 bridgehead atoms. The summed E-state index contributed by atoms with van der Waals surface area (Å²) in [5, 5.41) is 0. The minimum Gasteiger partial charge on any atom is -0.454 e. The van der Waals surface area contributed by atoms with Crippen molar-refractivity contribution < 1.29 is 49.6 Å². The number of methoxy groups -OCH3 is 1. The van der Waals surface area contributed by atoms with Gasteiger partial charge in [-0.05, 0) is 193 Å². The third-order valence-corrected chi connectivity index (χ3v) is 31.8. The zero-order valence-electron chi connectivity index (χ0n) is 78.9. The normalized spacial score (nSPS) is 25.4. The number of carbonyl (C=O) groups is 2. The average Bonchev–Trinajstić information content (AvgIpc) is 1.57. The molecule has 118 heavy (non-hydrogen) atoms. The monoisotopic (exact) mass is 1820 g/mol. The minimum atomic E-state index is -0.363. The number of fused-ring (bicyclic) bond motifs is 6. The van der Waals surface area contributed by atoms with Gasteiger partial charge in [0.2, 0.25) is 0 Å². The molecule has 13 unspecified atom stereocenters. The summed E-state index contributed by atoms with van der Waals surface area (Å²) in [5.41, 5.74) is 1.27. The van der Waals surface area contributed by atoms with Crippen LogP contribution in [0.1, 0.15) is 496 Å². The van der Waals surface area contributed by atoms with E-state index in [2.05, 4.69) is 79.7 Å². The fourth-order valence-electron chi connectivity index (χ4n) is 25.4. The summed E-state index contributed by atoms with van der Waals surface area (Å²) < 4.78 is 22.4. The van der Waals surface area contributed by atoms with Crippen molar-refractivity contribution in [3.05, 3.63) is 76.3 Å². The number of esters is 2. The fourth-order valence-corrected chi connectivity index (χ4v) is 25.4. The van der Waals surface area contributed by atoms with Crippen molar-refractivity contribution in [2.45, 2.75) is 515 Å². The first-order valence-corrected chi connectivity index (χ1v) is 52.9. The zero-order valence-corrected chi connectivity index (χ0v) is 81.2. The molecule has 0 aliphatic heterocycles. The molecule has 8 aliphatic carbocycles. The number of rotatable bonds is 67. The Bertz CT molecular complexity index is 2370. The smallest absolute Gasteiger partial charge is 0.306 e. The van der Waals surface area contributed by atoms with E-state index in [9.17, 15) is 9.59 Å². The molecule has 686 valence electrons. The van der Waals surface area contributed by atoms with Gasteiger partial charge in [0.05, 0.1) is 43.6 Å². The van der Waals surface area contributed by atoms with Crippen molar-refractivity contribution >= 4 is 11.9 Å². The molecule has 8 saturated carbocycles. The van der Waals surface area contributed by atoms with Gasteiger partial charge < -0.3 is 31.8 Å². The van der Waals surface area contributed by atoms with Crippen molar-refractivity contribution in [2.75, 3.05) is 20.3 Å². The molecule has 0 aromatic carbocycles. The van der Waals surface area contributed by atoms with Crippen LogP contribution < -0.4 is 0 Å². The molecule has 0 radical (unpaired) electrons. The third kappa shape index (κ3) is 40.5. The van der Waals surface area contributed by atoms with Crippen LogP contribution in [0.2, 0.25) is 0 Å². The van der Waals surface area contributed by atoms with Crippen LogP contribution in [0.5, 0.6) is 0 Å². The second-order valence-corrected chi connectivity index (χ2v) is 40.1. The Labute approximate surface area is 749 Å². The van der Waals surface area contributed by atoms with Crippen molar-refractivity contribution in [1.29, 1.82) is 0 Å². The summed E-state index contributed by atoms with van der Waals surface area (Å²) in [7, 11) is 1.75. The van der Waals surface area contributed by atoms with Crippen LogP contribution in [0.4, 0.5) is 0 Å². The Morgan fingerprint density at radius 3 is 1.03 bits per heavy atom. The zero-order chi connectivity index (χ0) is 83.3. The average molecular weight is 1820 g/mol. The van der Waals surface area contributed by atoms with E-state index >= 15 is 0 Å². The van der Waals surface area contributed by atoms with E-state index < -0.39 is 0 Å². The molecule has 0 saturated heterocycles. The Hall–Kier alpha value is -1.75. The summed E-state index contributed by atoms with van der Waals surface area (Å²) >= 11 is 0. The van der Waals surface area contributed by atoms with Gasteiger partial charge in [0.25, 0.3) is 0 Å². The summed E-state index contributed by atoms with van der Waals surface area (Å²) in [6.07, 6.45) is 118. The van der Waals surface area contributed by atoms with Gasteiger partial charge in [-0.2, -0.15) is 12.8 Å². The van der Waals surface area contributed by atoms with Crippen molar-refractivity contribution in [2.24, 2.45) is 81.8 Å². The number of hydrogen-bond donors (Lipinski definition) is 0. The maximum Gasteiger partial charge on any atom is 0.306 e. The maximum atomic E-state index is 12.0. The molecule has 0 aromatic heterocycles. The molecule has 0 aromatic rings. The van der Waals surface area contributed by atoms with Gasteiger partial charge in [-0.15, -0.1) is 11.8 Å². The molecule has 0 N–H and O–H groups in total. The molecule has 8 rings (SSSR count). The second kappa shape index (κ2) is 68.4. The van der Waals surface area contributed by atoms with Gasteiger partial charge in [-0.3, -0.25) is 9.59 Å². The van der Waals surface area contributed by atoms with E-state index in [4.69, 9.17) is 18.9 Å². The van der Waals surface area contributed by atoms with E-state index in [1.165, 1.54) is 372 Å². The molecule has 0 amide bonds. The number of unbranched alkanes of at least 4 members (excludes halogenated alkanes) is 42.